The van der Waals surface area contributed by atoms with Gasteiger partial charge in [0.25, 0.3) is 16.0 Å². The fourth-order valence-electron chi connectivity index (χ4n) is 2.11. The summed E-state index contributed by atoms with van der Waals surface area (Å²) in [6.07, 6.45) is 2.75. The molecule has 0 saturated heterocycles. The molecular formula is C14H15ClN6O2S. The zero-order valence-electron chi connectivity index (χ0n) is 13.0. The number of sulfonamides is 1. The van der Waals surface area contributed by atoms with Crippen LogP contribution in [0.3, 0.4) is 0 Å². The van der Waals surface area contributed by atoms with Crippen LogP contribution < -0.4 is 4.72 Å². The number of hydrogen-bond donors (Lipinski definition) is 1. The quantitative estimate of drug-likeness (QED) is 0.743. The second-order valence-corrected chi connectivity index (χ2v) is 7.30. The first-order valence-corrected chi connectivity index (χ1v) is 8.86. The predicted octanol–water partition coefficient (Wildman–Crippen LogP) is 1.82. The molecule has 0 atom stereocenters. The Morgan fingerprint density at radius 1 is 1.25 bits per heavy atom. The predicted molar refractivity (Wildman–Crippen MR) is 89.3 cm³/mol. The smallest absolute Gasteiger partial charge is 0.267 e. The van der Waals surface area contributed by atoms with Crippen LogP contribution in [0, 0.1) is 6.92 Å². The number of aromatic nitrogens is 5. The van der Waals surface area contributed by atoms with Gasteiger partial charge in [0.2, 0.25) is 0 Å². The maximum Gasteiger partial charge on any atom is 0.267 e. The van der Waals surface area contributed by atoms with Crippen LogP contribution in [0.15, 0.2) is 41.7 Å². The van der Waals surface area contributed by atoms with Crippen molar-refractivity contribution in [2.75, 3.05) is 4.72 Å². The molecule has 1 N–H and O–H groups in total. The number of aryl methyl sites for hydroxylation is 1. The van der Waals surface area contributed by atoms with Crippen LogP contribution in [0.25, 0.3) is 0 Å². The lowest BCUT2D eigenvalue weighted by molar-refractivity contribution is 0.599. The van der Waals surface area contributed by atoms with Crippen molar-refractivity contribution in [2.24, 2.45) is 7.05 Å². The monoisotopic (exact) mass is 366 g/mol. The average molecular weight is 367 g/mol. The second-order valence-electron chi connectivity index (χ2n) is 5.22. The molecule has 3 rings (SSSR count). The largest absolute Gasteiger partial charge is 0.272 e. The van der Waals surface area contributed by atoms with Gasteiger partial charge in [-0.15, -0.1) is 5.10 Å². The number of benzene rings is 1. The molecule has 0 unspecified atom stereocenters. The highest BCUT2D eigenvalue weighted by molar-refractivity contribution is 7.92. The molecule has 0 saturated carbocycles. The molecule has 2 aromatic heterocycles. The summed E-state index contributed by atoms with van der Waals surface area (Å²) < 4.78 is 30.1. The molecule has 0 aliphatic heterocycles. The number of rotatable bonds is 5. The van der Waals surface area contributed by atoms with Crippen LogP contribution in [0.1, 0.15) is 11.3 Å². The van der Waals surface area contributed by atoms with Gasteiger partial charge in [-0.05, 0) is 24.6 Å². The van der Waals surface area contributed by atoms with E-state index in [1.54, 1.807) is 26.1 Å². The molecule has 0 bridgehead atoms. The Balaban J connectivity index is 1.76. The molecule has 1 aromatic carbocycles. The molecular weight excluding hydrogens is 352 g/mol. The molecule has 0 aliphatic carbocycles. The lowest BCUT2D eigenvalue weighted by Gasteiger charge is -2.04. The van der Waals surface area contributed by atoms with Crippen molar-refractivity contribution < 1.29 is 8.42 Å². The average Bonchev–Trinajstić information content (AvgIpc) is 3.09. The molecule has 0 aliphatic rings. The maximum atomic E-state index is 12.4. The van der Waals surface area contributed by atoms with Crippen LogP contribution >= 0.6 is 11.6 Å². The standard InChI is InChI=1S/C14H15ClN6O2S/c1-10-13(7-17-20(10)2)24(22,23)19-14-16-9-21(18-14)8-11-3-5-12(15)6-4-11/h3-7,9H,8H2,1-2H3,(H,18,19). The summed E-state index contributed by atoms with van der Waals surface area (Å²) in [6.45, 7) is 2.13. The molecule has 24 heavy (non-hydrogen) atoms. The summed E-state index contributed by atoms with van der Waals surface area (Å²) >= 11 is 5.85. The van der Waals surface area contributed by atoms with E-state index in [0.29, 0.717) is 17.3 Å². The van der Waals surface area contributed by atoms with Gasteiger partial charge in [-0.25, -0.2) is 17.8 Å². The Morgan fingerprint density at radius 3 is 2.58 bits per heavy atom. The van der Waals surface area contributed by atoms with Crippen molar-refractivity contribution in [3.63, 3.8) is 0 Å². The first kappa shape index (κ1) is 16.5. The van der Waals surface area contributed by atoms with E-state index >= 15 is 0 Å². The third kappa shape index (κ3) is 3.41. The summed E-state index contributed by atoms with van der Waals surface area (Å²) in [6, 6.07) is 7.30. The minimum absolute atomic E-state index is 0.00668. The van der Waals surface area contributed by atoms with Crippen molar-refractivity contribution in [3.8, 4) is 0 Å². The maximum absolute atomic E-state index is 12.4. The number of nitrogens with zero attached hydrogens (tertiary/aromatic N) is 5. The normalized spacial score (nSPS) is 11.6. The number of nitrogens with one attached hydrogen (secondary N) is 1. The first-order valence-electron chi connectivity index (χ1n) is 7.00. The molecule has 0 radical (unpaired) electrons. The molecule has 2 heterocycles. The molecule has 126 valence electrons. The Morgan fingerprint density at radius 2 is 1.96 bits per heavy atom. The van der Waals surface area contributed by atoms with E-state index in [1.807, 2.05) is 12.1 Å². The van der Waals surface area contributed by atoms with Gasteiger partial charge in [0.15, 0.2) is 0 Å². The van der Waals surface area contributed by atoms with Crippen molar-refractivity contribution >= 4 is 27.6 Å². The van der Waals surface area contributed by atoms with Gasteiger partial charge in [-0.1, -0.05) is 23.7 Å². The summed E-state index contributed by atoms with van der Waals surface area (Å²) in [5, 5.41) is 8.71. The second kappa shape index (κ2) is 6.25. The van der Waals surface area contributed by atoms with Crippen LogP contribution in [0.4, 0.5) is 5.95 Å². The number of hydrogen-bond acceptors (Lipinski definition) is 5. The molecule has 10 heteroatoms. The summed E-state index contributed by atoms with van der Waals surface area (Å²) in [7, 11) is -2.10. The van der Waals surface area contributed by atoms with Gasteiger partial charge < -0.3 is 0 Å². The number of halogens is 1. The van der Waals surface area contributed by atoms with E-state index < -0.39 is 10.0 Å². The van der Waals surface area contributed by atoms with Crippen molar-refractivity contribution in [1.29, 1.82) is 0 Å². The molecule has 0 fully saturated rings. The zero-order valence-corrected chi connectivity index (χ0v) is 14.6. The van der Waals surface area contributed by atoms with E-state index in [4.69, 9.17) is 11.6 Å². The van der Waals surface area contributed by atoms with Crippen molar-refractivity contribution in [1.82, 2.24) is 24.5 Å². The summed E-state index contributed by atoms with van der Waals surface area (Å²) in [4.78, 5) is 4.08. The Hall–Kier alpha value is -2.39. The lowest BCUT2D eigenvalue weighted by atomic mass is 10.2. The Bertz CT molecular complexity index is 962. The minimum Gasteiger partial charge on any atom is -0.272 e. The van der Waals surface area contributed by atoms with E-state index in [1.165, 1.54) is 21.9 Å². The minimum atomic E-state index is -3.78. The van der Waals surface area contributed by atoms with E-state index in [9.17, 15) is 8.42 Å². The van der Waals surface area contributed by atoms with Crippen molar-refractivity contribution in [3.05, 3.63) is 53.1 Å². The Labute approximate surface area is 144 Å². The third-order valence-electron chi connectivity index (χ3n) is 3.50. The fourth-order valence-corrected chi connectivity index (χ4v) is 3.39. The van der Waals surface area contributed by atoms with Gasteiger partial charge in [-0.3, -0.25) is 4.68 Å². The Kier molecular flexibility index (Phi) is 4.29. The SMILES string of the molecule is Cc1c(S(=O)(=O)Nc2ncn(Cc3ccc(Cl)cc3)n2)cnn1C. The molecule has 0 spiro atoms. The van der Waals surface area contributed by atoms with Gasteiger partial charge >= 0.3 is 0 Å². The molecule has 8 nitrogen and oxygen atoms in total. The van der Waals surface area contributed by atoms with Gasteiger partial charge in [0.1, 0.15) is 11.2 Å². The topological polar surface area (TPSA) is 94.7 Å². The van der Waals surface area contributed by atoms with Gasteiger partial charge in [0, 0.05) is 12.1 Å². The van der Waals surface area contributed by atoms with Crippen LogP contribution in [-0.2, 0) is 23.6 Å². The highest BCUT2D eigenvalue weighted by Crippen LogP contribution is 2.16. The third-order valence-corrected chi connectivity index (χ3v) is 5.18. The fraction of sp³-hybridized carbons (Fsp3) is 0.214. The summed E-state index contributed by atoms with van der Waals surface area (Å²) in [5.41, 5.74) is 1.50. The first-order chi connectivity index (χ1) is 11.3. The highest BCUT2D eigenvalue weighted by atomic mass is 35.5. The lowest BCUT2D eigenvalue weighted by Crippen LogP contribution is -2.15. The van der Waals surface area contributed by atoms with Crippen LogP contribution in [0.5, 0.6) is 0 Å². The van der Waals surface area contributed by atoms with Gasteiger partial charge in [-0.2, -0.15) is 10.1 Å². The van der Waals surface area contributed by atoms with Crippen LogP contribution in [0.2, 0.25) is 5.02 Å². The molecule has 0 amide bonds. The zero-order chi connectivity index (χ0) is 17.3. The number of anilines is 1. The van der Waals surface area contributed by atoms with Crippen LogP contribution in [-0.4, -0.2) is 33.0 Å². The molecule has 3 aromatic rings. The highest BCUT2D eigenvalue weighted by Gasteiger charge is 2.21. The van der Waals surface area contributed by atoms with Crippen molar-refractivity contribution in [2.45, 2.75) is 18.4 Å². The van der Waals surface area contributed by atoms with Gasteiger partial charge in [0.05, 0.1) is 18.4 Å². The van der Waals surface area contributed by atoms with E-state index in [2.05, 4.69) is 19.9 Å². The summed E-state index contributed by atoms with van der Waals surface area (Å²) in [5.74, 6) is 0.00668. The van der Waals surface area contributed by atoms with E-state index in [-0.39, 0.29) is 10.8 Å². The van der Waals surface area contributed by atoms with E-state index in [0.717, 1.165) is 5.56 Å².